The van der Waals surface area contributed by atoms with Crippen molar-refractivity contribution in [2.45, 2.75) is 6.42 Å². The van der Waals surface area contributed by atoms with Crippen molar-refractivity contribution in [2.75, 3.05) is 51.7 Å². The van der Waals surface area contributed by atoms with Crippen LogP contribution in [-0.4, -0.2) is 94.2 Å². The molecule has 3 aromatic rings. The highest BCUT2D eigenvalue weighted by Gasteiger charge is 2.32. The van der Waals surface area contributed by atoms with Gasteiger partial charge < -0.3 is 25.0 Å². The summed E-state index contributed by atoms with van der Waals surface area (Å²) in [5, 5.41) is 11.7. The zero-order chi connectivity index (χ0) is 33.7. The molecule has 2 aliphatic heterocycles. The van der Waals surface area contributed by atoms with E-state index in [2.05, 4.69) is 10.2 Å². The van der Waals surface area contributed by atoms with Gasteiger partial charge in [0.25, 0.3) is 11.8 Å². The second kappa shape index (κ2) is 14.8. The van der Waals surface area contributed by atoms with Gasteiger partial charge in [-0.2, -0.15) is 0 Å². The number of carbonyl (C=O) groups is 4. The van der Waals surface area contributed by atoms with E-state index < -0.39 is 29.4 Å². The van der Waals surface area contributed by atoms with Gasteiger partial charge in [-0.15, -0.1) is 0 Å². The Bertz CT molecular complexity index is 1760. The number of ether oxygens (including phenoxy) is 1. The Morgan fingerprint density at radius 3 is 2.34 bits per heavy atom. The third-order valence-corrected chi connectivity index (χ3v) is 8.99. The summed E-state index contributed by atoms with van der Waals surface area (Å²) < 4.78 is 33.8. The monoisotopic (exact) mass is 680 g/mol. The Morgan fingerprint density at radius 2 is 1.66 bits per heavy atom. The van der Waals surface area contributed by atoms with E-state index in [9.17, 15) is 28.0 Å². The lowest BCUT2D eigenvalue weighted by molar-refractivity contribution is -0.135. The number of anilines is 1. The molecule has 3 amide bonds. The number of thioether (sulfide) groups is 1. The molecule has 244 valence electrons. The molecule has 0 aromatic heterocycles. The van der Waals surface area contributed by atoms with E-state index in [1.54, 1.807) is 29.2 Å². The van der Waals surface area contributed by atoms with Gasteiger partial charge in [0.2, 0.25) is 5.91 Å². The molecule has 2 heterocycles. The van der Waals surface area contributed by atoms with Gasteiger partial charge in [0.1, 0.15) is 10.1 Å². The summed E-state index contributed by atoms with van der Waals surface area (Å²) in [4.78, 5) is 55.3. The van der Waals surface area contributed by atoms with Crippen LogP contribution in [0.1, 0.15) is 22.3 Å². The Labute approximate surface area is 279 Å². The highest BCUT2D eigenvalue weighted by Crippen LogP contribution is 2.36. The SMILES string of the molecule is CN1CCN(C(=O)COc2ccc(-c3ccc(F)c(F)c3)cc2/C=C2\SC(=S)N(CCC(=O)Nc3ccc(C(=O)O)cc3)C2=O)CC1. The number of halogens is 2. The summed E-state index contributed by atoms with van der Waals surface area (Å²) in [6, 6.07) is 14.1. The normalized spacial score (nSPS) is 16.1. The van der Waals surface area contributed by atoms with E-state index in [0.29, 0.717) is 41.2 Å². The largest absolute Gasteiger partial charge is 0.483 e. The predicted octanol–water partition coefficient (Wildman–Crippen LogP) is 4.71. The number of carbonyl (C=O) groups excluding carboxylic acids is 3. The first-order chi connectivity index (χ1) is 22.5. The van der Waals surface area contributed by atoms with Crippen LogP contribution in [0.5, 0.6) is 5.75 Å². The fourth-order valence-corrected chi connectivity index (χ4v) is 6.20. The van der Waals surface area contributed by atoms with Crippen molar-refractivity contribution < 1.29 is 37.8 Å². The molecule has 2 saturated heterocycles. The lowest BCUT2D eigenvalue weighted by Gasteiger charge is -2.32. The van der Waals surface area contributed by atoms with E-state index in [0.717, 1.165) is 37.0 Å². The number of hydrogen-bond donors (Lipinski definition) is 2. The molecule has 5 rings (SSSR count). The Morgan fingerprint density at radius 1 is 0.979 bits per heavy atom. The zero-order valence-electron chi connectivity index (χ0n) is 25.2. The van der Waals surface area contributed by atoms with Crippen molar-refractivity contribution >= 4 is 63.8 Å². The van der Waals surface area contributed by atoms with Crippen molar-refractivity contribution in [2.24, 2.45) is 0 Å². The molecular formula is C33H30F2N4O6S2. The number of nitrogens with zero attached hydrogens (tertiary/aromatic N) is 3. The van der Waals surface area contributed by atoms with Crippen LogP contribution in [0.3, 0.4) is 0 Å². The number of thiocarbonyl (C=S) groups is 1. The van der Waals surface area contributed by atoms with Crippen molar-refractivity contribution in [3.05, 3.63) is 88.3 Å². The minimum atomic E-state index is -1.08. The van der Waals surface area contributed by atoms with E-state index in [-0.39, 0.29) is 40.3 Å². The number of carboxylic acid groups (broad SMARTS) is 1. The molecule has 2 fully saturated rings. The number of piperazine rings is 1. The van der Waals surface area contributed by atoms with Gasteiger partial charge in [-0.05, 0) is 72.8 Å². The summed E-state index contributed by atoms with van der Waals surface area (Å²) in [6.45, 7) is 2.44. The number of hydrogen-bond acceptors (Lipinski definition) is 8. The van der Waals surface area contributed by atoms with Crippen LogP contribution in [-0.2, 0) is 14.4 Å². The molecule has 0 unspecified atom stereocenters. The van der Waals surface area contributed by atoms with Crippen LogP contribution >= 0.6 is 24.0 Å². The molecule has 0 atom stereocenters. The smallest absolute Gasteiger partial charge is 0.335 e. The van der Waals surface area contributed by atoms with Crippen molar-refractivity contribution in [1.82, 2.24) is 14.7 Å². The van der Waals surface area contributed by atoms with Crippen LogP contribution in [0, 0.1) is 11.6 Å². The van der Waals surface area contributed by atoms with Gasteiger partial charge in [0, 0.05) is 50.4 Å². The maximum Gasteiger partial charge on any atom is 0.335 e. The first-order valence-electron chi connectivity index (χ1n) is 14.6. The molecule has 14 heteroatoms. The topological polar surface area (TPSA) is 119 Å². The van der Waals surface area contributed by atoms with Gasteiger partial charge in [0.15, 0.2) is 18.2 Å². The van der Waals surface area contributed by atoms with Crippen molar-refractivity contribution in [3.8, 4) is 16.9 Å². The standard InChI is InChI=1S/C33H30F2N4O6S2/c1-37-12-14-38(15-13-37)30(41)19-45-27-9-5-21(22-4-8-25(34)26(35)17-22)16-23(27)18-28-31(42)39(33(46)47-28)11-10-29(40)36-24-6-2-20(3-7-24)32(43)44/h2-9,16-18H,10-15,19H2,1H3,(H,36,40)(H,43,44)/b28-18-. The second-order valence-electron chi connectivity index (χ2n) is 10.9. The Kier molecular flexibility index (Phi) is 10.6. The fraction of sp³-hybridized carbons (Fsp3) is 0.242. The molecule has 0 radical (unpaired) electrons. The first kappa shape index (κ1) is 33.7. The Balaban J connectivity index is 1.32. The number of nitrogens with one attached hydrogen (secondary N) is 1. The van der Waals surface area contributed by atoms with Gasteiger partial charge in [-0.1, -0.05) is 36.1 Å². The molecule has 3 aromatic carbocycles. The maximum absolute atomic E-state index is 14.0. The van der Waals surface area contributed by atoms with Gasteiger partial charge >= 0.3 is 5.97 Å². The predicted molar refractivity (Wildman–Crippen MR) is 178 cm³/mol. The second-order valence-corrected chi connectivity index (χ2v) is 12.5. The summed E-state index contributed by atoms with van der Waals surface area (Å²) in [7, 11) is 1.99. The molecule has 0 bridgehead atoms. The minimum absolute atomic E-state index is 0.00116. The molecule has 0 saturated carbocycles. The number of benzene rings is 3. The van der Waals surface area contributed by atoms with E-state index in [4.69, 9.17) is 22.1 Å². The summed E-state index contributed by atoms with van der Waals surface area (Å²) in [5.74, 6) is -3.79. The first-order valence-corrected chi connectivity index (χ1v) is 15.8. The third-order valence-electron chi connectivity index (χ3n) is 7.61. The van der Waals surface area contributed by atoms with Crippen LogP contribution in [0.2, 0.25) is 0 Å². The number of likely N-dealkylation sites (N-methyl/N-ethyl adjacent to an activating group) is 1. The average Bonchev–Trinajstić information content (AvgIpc) is 3.32. The van der Waals surface area contributed by atoms with E-state index in [1.807, 2.05) is 7.05 Å². The average molecular weight is 681 g/mol. The molecule has 0 spiro atoms. The van der Waals surface area contributed by atoms with Crippen molar-refractivity contribution in [3.63, 3.8) is 0 Å². The molecule has 0 aliphatic carbocycles. The minimum Gasteiger partial charge on any atom is -0.483 e. The fourth-order valence-electron chi connectivity index (χ4n) is 4.90. The summed E-state index contributed by atoms with van der Waals surface area (Å²) in [6.07, 6.45) is 1.48. The number of aromatic carboxylic acids is 1. The maximum atomic E-state index is 14.0. The van der Waals surface area contributed by atoms with E-state index in [1.165, 1.54) is 35.2 Å². The molecule has 2 aliphatic rings. The highest BCUT2D eigenvalue weighted by molar-refractivity contribution is 8.26. The van der Waals surface area contributed by atoms with Gasteiger partial charge in [0.05, 0.1) is 10.5 Å². The zero-order valence-corrected chi connectivity index (χ0v) is 26.8. The summed E-state index contributed by atoms with van der Waals surface area (Å²) in [5.41, 5.74) is 1.83. The molecular weight excluding hydrogens is 651 g/mol. The third kappa shape index (κ3) is 8.39. The van der Waals surface area contributed by atoms with E-state index >= 15 is 0 Å². The molecule has 2 N–H and O–H groups in total. The van der Waals surface area contributed by atoms with Crippen LogP contribution in [0.25, 0.3) is 17.2 Å². The number of rotatable bonds is 10. The quantitative estimate of drug-likeness (QED) is 0.232. The number of carboxylic acids is 1. The van der Waals surface area contributed by atoms with Crippen LogP contribution in [0.4, 0.5) is 14.5 Å². The molecule has 47 heavy (non-hydrogen) atoms. The number of amides is 3. The van der Waals surface area contributed by atoms with Gasteiger partial charge in [-0.25, -0.2) is 13.6 Å². The molecule has 10 nitrogen and oxygen atoms in total. The van der Waals surface area contributed by atoms with Crippen LogP contribution < -0.4 is 10.1 Å². The van der Waals surface area contributed by atoms with Gasteiger partial charge in [-0.3, -0.25) is 19.3 Å². The lowest BCUT2D eigenvalue weighted by Crippen LogP contribution is -2.48. The van der Waals surface area contributed by atoms with Crippen molar-refractivity contribution in [1.29, 1.82) is 0 Å². The Hall–Kier alpha value is -4.66. The summed E-state index contributed by atoms with van der Waals surface area (Å²) >= 11 is 6.47. The van der Waals surface area contributed by atoms with Crippen LogP contribution in [0.15, 0.2) is 65.6 Å². The lowest BCUT2D eigenvalue weighted by atomic mass is 10.0. The highest BCUT2D eigenvalue weighted by atomic mass is 32.2.